The summed E-state index contributed by atoms with van der Waals surface area (Å²) in [6.45, 7) is 12.6. The first-order chi connectivity index (χ1) is 13.3. The van der Waals surface area contributed by atoms with E-state index in [-0.39, 0.29) is 18.0 Å². The zero-order chi connectivity index (χ0) is 20.4. The van der Waals surface area contributed by atoms with Gasteiger partial charge in [0.05, 0.1) is 11.9 Å². The van der Waals surface area contributed by atoms with E-state index in [0.717, 1.165) is 22.4 Å². The van der Waals surface area contributed by atoms with Crippen LogP contribution in [0, 0.1) is 13.8 Å². The van der Waals surface area contributed by atoms with Gasteiger partial charge in [-0.3, -0.25) is 14.2 Å². The molecule has 28 heavy (non-hydrogen) atoms. The minimum Gasteiger partial charge on any atom is -0.337 e. The molecule has 1 amide bonds. The van der Waals surface area contributed by atoms with E-state index in [2.05, 4.69) is 22.7 Å². The van der Waals surface area contributed by atoms with Crippen LogP contribution < -0.4 is 5.56 Å². The zero-order valence-corrected chi connectivity index (χ0v) is 16.8. The maximum Gasteiger partial charge on any atom is 0.264 e. The molecule has 0 atom stereocenters. The number of fused-ring (bicyclic) bond motifs is 1. The lowest BCUT2D eigenvalue weighted by atomic mass is 10.1. The maximum absolute atomic E-state index is 12.9. The van der Waals surface area contributed by atoms with Gasteiger partial charge in [0.2, 0.25) is 5.91 Å². The highest BCUT2D eigenvalue weighted by molar-refractivity contribution is 5.78. The van der Waals surface area contributed by atoms with Gasteiger partial charge in [-0.2, -0.15) is 5.10 Å². The van der Waals surface area contributed by atoms with E-state index >= 15 is 0 Å². The Labute approximate surface area is 163 Å². The van der Waals surface area contributed by atoms with Crippen LogP contribution in [0.15, 0.2) is 47.7 Å². The van der Waals surface area contributed by atoms with Crippen molar-refractivity contribution in [3.8, 4) is 5.69 Å². The largest absolute Gasteiger partial charge is 0.337 e. The van der Waals surface area contributed by atoms with Crippen molar-refractivity contribution in [2.75, 3.05) is 13.1 Å². The number of likely N-dealkylation sites (N-methyl/N-ethyl adjacent to an activating group) is 1. The second kappa shape index (κ2) is 7.80. The van der Waals surface area contributed by atoms with Gasteiger partial charge < -0.3 is 4.90 Å². The van der Waals surface area contributed by atoms with Crippen molar-refractivity contribution in [3.05, 3.63) is 64.4 Å². The molecule has 2 aromatic heterocycles. The van der Waals surface area contributed by atoms with Gasteiger partial charge in [0.25, 0.3) is 5.56 Å². The summed E-state index contributed by atoms with van der Waals surface area (Å²) in [5.74, 6) is -0.143. The molecule has 7 nitrogen and oxygen atoms in total. The molecule has 0 unspecified atom stereocenters. The van der Waals surface area contributed by atoms with Crippen molar-refractivity contribution in [1.29, 1.82) is 0 Å². The molecule has 146 valence electrons. The van der Waals surface area contributed by atoms with Crippen LogP contribution in [0.2, 0.25) is 0 Å². The Bertz CT molecular complexity index is 1090. The molecule has 7 heteroatoms. The normalized spacial score (nSPS) is 11.0. The summed E-state index contributed by atoms with van der Waals surface area (Å²) < 4.78 is 2.99. The van der Waals surface area contributed by atoms with Crippen molar-refractivity contribution in [2.45, 2.75) is 34.2 Å². The Morgan fingerprint density at radius 3 is 2.50 bits per heavy atom. The van der Waals surface area contributed by atoms with Gasteiger partial charge in [0, 0.05) is 13.1 Å². The third kappa shape index (κ3) is 3.88. The lowest BCUT2D eigenvalue weighted by Gasteiger charge is -2.21. The Hall–Kier alpha value is -3.22. The lowest BCUT2D eigenvalue weighted by Crippen LogP contribution is -2.37. The molecule has 0 fully saturated rings. The molecule has 1 aromatic carbocycles. The van der Waals surface area contributed by atoms with Crippen molar-refractivity contribution in [3.63, 3.8) is 0 Å². The van der Waals surface area contributed by atoms with Crippen LogP contribution in [0.1, 0.15) is 25.0 Å². The summed E-state index contributed by atoms with van der Waals surface area (Å²) in [6.07, 6.45) is 2.92. The summed E-state index contributed by atoms with van der Waals surface area (Å²) in [6, 6.07) is 6.06. The maximum atomic E-state index is 12.9. The highest BCUT2D eigenvalue weighted by atomic mass is 16.2. The Balaban J connectivity index is 1.96. The average molecular weight is 379 g/mol. The summed E-state index contributed by atoms with van der Waals surface area (Å²) in [4.78, 5) is 31.5. The minimum atomic E-state index is -0.277. The topological polar surface area (TPSA) is 73.0 Å². The molecule has 2 heterocycles. The molecule has 0 saturated carbocycles. The van der Waals surface area contributed by atoms with E-state index in [0.29, 0.717) is 24.1 Å². The van der Waals surface area contributed by atoms with Crippen LogP contribution in [-0.4, -0.2) is 43.2 Å². The predicted octanol–water partition coefficient (Wildman–Crippen LogP) is 2.62. The van der Waals surface area contributed by atoms with Crippen molar-refractivity contribution in [1.82, 2.24) is 24.2 Å². The molecule has 0 bridgehead atoms. The Kier molecular flexibility index (Phi) is 5.44. The third-order valence-corrected chi connectivity index (χ3v) is 4.51. The lowest BCUT2D eigenvalue weighted by molar-refractivity contribution is -0.131. The average Bonchev–Trinajstić information content (AvgIpc) is 3.05. The van der Waals surface area contributed by atoms with Crippen LogP contribution in [0.25, 0.3) is 16.7 Å². The van der Waals surface area contributed by atoms with E-state index in [1.54, 1.807) is 9.58 Å². The van der Waals surface area contributed by atoms with E-state index in [4.69, 9.17) is 0 Å². The number of carbonyl (C=O) groups is 1. The van der Waals surface area contributed by atoms with Crippen molar-refractivity contribution < 1.29 is 4.79 Å². The van der Waals surface area contributed by atoms with Gasteiger partial charge in [-0.25, -0.2) is 9.67 Å². The van der Waals surface area contributed by atoms with Gasteiger partial charge in [-0.1, -0.05) is 18.2 Å². The van der Waals surface area contributed by atoms with Gasteiger partial charge in [0.1, 0.15) is 18.3 Å². The monoisotopic (exact) mass is 379 g/mol. The smallest absolute Gasteiger partial charge is 0.264 e. The van der Waals surface area contributed by atoms with E-state index in [1.807, 2.05) is 39.8 Å². The SMILES string of the molecule is C=C(C)CN(CC)C(=O)Cn1cnc2c(cnn2-c2cc(C)cc(C)c2)c1=O. The molecule has 0 aliphatic rings. The summed E-state index contributed by atoms with van der Waals surface area (Å²) in [5, 5.41) is 4.74. The molecular weight excluding hydrogens is 354 g/mol. The van der Waals surface area contributed by atoms with Crippen LogP contribution in [0.5, 0.6) is 0 Å². The Morgan fingerprint density at radius 1 is 1.21 bits per heavy atom. The molecular formula is C21H25N5O2. The van der Waals surface area contributed by atoms with Crippen molar-refractivity contribution >= 4 is 16.9 Å². The minimum absolute atomic E-state index is 0.0579. The number of amides is 1. The number of hydrogen-bond acceptors (Lipinski definition) is 4. The molecule has 0 N–H and O–H groups in total. The van der Waals surface area contributed by atoms with Crippen LogP contribution in [0.3, 0.4) is 0 Å². The van der Waals surface area contributed by atoms with Crippen LogP contribution in [-0.2, 0) is 11.3 Å². The fourth-order valence-corrected chi connectivity index (χ4v) is 3.27. The molecule has 0 spiro atoms. The first-order valence-electron chi connectivity index (χ1n) is 9.24. The molecule has 0 saturated heterocycles. The summed E-state index contributed by atoms with van der Waals surface area (Å²) in [7, 11) is 0. The van der Waals surface area contributed by atoms with Gasteiger partial charge in [0.15, 0.2) is 5.65 Å². The number of hydrogen-bond donors (Lipinski definition) is 0. The number of aromatic nitrogens is 4. The molecule has 0 radical (unpaired) electrons. The number of aryl methyl sites for hydroxylation is 2. The Morgan fingerprint density at radius 2 is 1.89 bits per heavy atom. The first kappa shape index (κ1) is 19.5. The fraction of sp³-hybridized carbons (Fsp3) is 0.333. The second-order valence-corrected chi connectivity index (χ2v) is 7.18. The van der Waals surface area contributed by atoms with Crippen LogP contribution >= 0.6 is 0 Å². The number of rotatable bonds is 6. The quantitative estimate of drug-likeness (QED) is 0.617. The van der Waals surface area contributed by atoms with E-state index < -0.39 is 0 Å². The highest BCUT2D eigenvalue weighted by Gasteiger charge is 2.16. The molecule has 3 rings (SSSR count). The fourth-order valence-electron chi connectivity index (χ4n) is 3.27. The summed E-state index contributed by atoms with van der Waals surface area (Å²) in [5.41, 5.74) is 4.16. The van der Waals surface area contributed by atoms with E-state index in [1.165, 1.54) is 17.1 Å². The first-order valence-corrected chi connectivity index (χ1v) is 9.24. The third-order valence-electron chi connectivity index (χ3n) is 4.51. The highest BCUT2D eigenvalue weighted by Crippen LogP contribution is 2.17. The van der Waals surface area contributed by atoms with Crippen molar-refractivity contribution in [2.24, 2.45) is 0 Å². The standard InChI is InChI=1S/C21H25N5O2/c1-6-24(11-14(2)3)19(27)12-25-13-22-20-18(21(25)28)10-23-26(20)17-8-15(4)7-16(5)9-17/h7-10,13H,2,6,11-12H2,1,3-5H3. The molecule has 0 aliphatic carbocycles. The number of nitrogens with zero attached hydrogens (tertiary/aromatic N) is 5. The second-order valence-electron chi connectivity index (χ2n) is 7.18. The predicted molar refractivity (Wildman–Crippen MR) is 110 cm³/mol. The molecule has 3 aromatic rings. The molecule has 0 aliphatic heterocycles. The van der Waals surface area contributed by atoms with Gasteiger partial charge in [-0.05, 0) is 51.0 Å². The zero-order valence-electron chi connectivity index (χ0n) is 16.8. The van der Waals surface area contributed by atoms with Gasteiger partial charge in [-0.15, -0.1) is 0 Å². The number of carbonyl (C=O) groups excluding carboxylic acids is 1. The van der Waals surface area contributed by atoms with Gasteiger partial charge >= 0.3 is 0 Å². The van der Waals surface area contributed by atoms with Crippen LogP contribution in [0.4, 0.5) is 0 Å². The van der Waals surface area contributed by atoms with E-state index in [9.17, 15) is 9.59 Å². The summed E-state index contributed by atoms with van der Waals surface area (Å²) >= 11 is 0. The number of benzene rings is 1.